The first-order chi connectivity index (χ1) is 10.2. The molecule has 1 saturated heterocycles. The van der Waals surface area contributed by atoms with Crippen LogP contribution in [0, 0.1) is 0 Å². The summed E-state index contributed by atoms with van der Waals surface area (Å²) in [5, 5.41) is 6.65. The van der Waals surface area contributed by atoms with Crippen molar-refractivity contribution in [1.29, 1.82) is 0 Å². The molecular weight excluding hydrogens is 264 g/mol. The lowest BCUT2D eigenvalue weighted by Gasteiger charge is -2.26. The monoisotopic (exact) mass is 292 g/mol. The second-order valence-electron chi connectivity index (χ2n) is 5.77. The highest BCUT2D eigenvalue weighted by atomic mass is 15.2. The predicted molar refractivity (Wildman–Crippen MR) is 88.6 cm³/mol. The molecule has 21 heavy (non-hydrogen) atoms. The molecule has 1 fully saturated rings. The number of piperidine rings is 1. The lowest BCUT2D eigenvalue weighted by atomic mass is 10.1. The summed E-state index contributed by atoms with van der Waals surface area (Å²) >= 11 is 0. The molecule has 0 aliphatic carbocycles. The van der Waals surface area contributed by atoms with Gasteiger partial charge in [0.1, 0.15) is 12.0 Å². The zero-order chi connectivity index (χ0) is 15.1. The van der Waals surface area contributed by atoms with Gasteiger partial charge in [0, 0.05) is 19.1 Å². The van der Waals surface area contributed by atoms with Gasteiger partial charge in [-0.2, -0.15) is 0 Å². The quantitative estimate of drug-likeness (QED) is 0.715. The zero-order valence-corrected chi connectivity index (χ0v) is 13.2. The van der Waals surface area contributed by atoms with Crippen LogP contribution in [-0.4, -0.2) is 47.1 Å². The van der Waals surface area contributed by atoms with E-state index in [4.69, 9.17) is 5.73 Å². The SMILES string of the molecule is CCC(C)Nc1ncnc(NCCN2CCCCC2)c1N. The van der Waals surface area contributed by atoms with Crippen LogP contribution in [0.5, 0.6) is 0 Å². The summed E-state index contributed by atoms with van der Waals surface area (Å²) in [6.45, 7) is 8.57. The van der Waals surface area contributed by atoms with Gasteiger partial charge in [-0.05, 0) is 39.3 Å². The van der Waals surface area contributed by atoms with Gasteiger partial charge in [0.05, 0.1) is 0 Å². The van der Waals surface area contributed by atoms with Gasteiger partial charge in [0.15, 0.2) is 11.6 Å². The van der Waals surface area contributed by atoms with E-state index in [9.17, 15) is 0 Å². The number of hydrogen-bond donors (Lipinski definition) is 3. The van der Waals surface area contributed by atoms with E-state index in [0.29, 0.717) is 11.7 Å². The van der Waals surface area contributed by atoms with Crippen LogP contribution in [0.15, 0.2) is 6.33 Å². The number of nitrogen functional groups attached to an aromatic ring is 1. The van der Waals surface area contributed by atoms with Crippen molar-refractivity contribution in [2.45, 2.75) is 45.6 Å². The Bertz CT molecular complexity index is 430. The number of anilines is 3. The molecule has 0 amide bonds. The molecule has 2 heterocycles. The number of rotatable bonds is 7. The number of likely N-dealkylation sites (tertiary alicyclic amines) is 1. The van der Waals surface area contributed by atoms with Crippen molar-refractivity contribution in [3.05, 3.63) is 6.33 Å². The zero-order valence-electron chi connectivity index (χ0n) is 13.2. The Hall–Kier alpha value is -1.56. The molecule has 0 aromatic carbocycles. The largest absolute Gasteiger partial charge is 0.393 e. The van der Waals surface area contributed by atoms with E-state index < -0.39 is 0 Å². The van der Waals surface area contributed by atoms with E-state index >= 15 is 0 Å². The van der Waals surface area contributed by atoms with Crippen LogP contribution in [-0.2, 0) is 0 Å². The first-order valence-corrected chi connectivity index (χ1v) is 8.04. The highest BCUT2D eigenvalue weighted by molar-refractivity contribution is 5.74. The molecule has 1 aromatic rings. The van der Waals surface area contributed by atoms with Gasteiger partial charge in [0.2, 0.25) is 0 Å². The van der Waals surface area contributed by atoms with Gasteiger partial charge in [-0.25, -0.2) is 9.97 Å². The molecule has 1 atom stereocenters. The van der Waals surface area contributed by atoms with Crippen molar-refractivity contribution in [1.82, 2.24) is 14.9 Å². The average Bonchev–Trinajstić information content (AvgIpc) is 2.52. The fourth-order valence-corrected chi connectivity index (χ4v) is 2.50. The summed E-state index contributed by atoms with van der Waals surface area (Å²) in [6, 6.07) is 0.350. The fourth-order valence-electron chi connectivity index (χ4n) is 2.50. The molecule has 118 valence electrons. The molecule has 1 aliphatic rings. The topological polar surface area (TPSA) is 79.1 Å². The van der Waals surface area contributed by atoms with E-state index in [1.54, 1.807) is 6.33 Å². The van der Waals surface area contributed by atoms with E-state index in [-0.39, 0.29) is 0 Å². The number of nitrogens with two attached hydrogens (primary N) is 1. The molecule has 6 nitrogen and oxygen atoms in total. The Morgan fingerprint density at radius 3 is 2.67 bits per heavy atom. The first kappa shape index (κ1) is 15.8. The maximum Gasteiger partial charge on any atom is 0.155 e. The molecule has 0 saturated carbocycles. The second-order valence-corrected chi connectivity index (χ2v) is 5.77. The lowest BCUT2D eigenvalue weighted by Crippen LogP contribution is -2.33. The maximum absolute atomic E-state index is 6.14. The number of nitrogens with zero attached hydrogens (tertiary/aromatic N) is 3. The van der Waals surface area contributed by atoms with Crippen LogP contribution in [0.25, 0.3) is 0 Å². The van der Waals surface area contributed by atoms with Crippen molar-refractivity contribution in [2.75, 3.05) is 42.5 Å². The molecule has 6 heteroatoms. The summed E-state index contributed by atoms with van der Waals surface area (Å²) in [4.78, 5) is 11.0. The minimum absolute atomic E-state index is 0.350. The minimum Gasteiger partial charge on any atom is -0.393 e. The summed E-state index contributed by atoms with van der Waals surface area (Å²) in [5.74, 6) is 1.45. The van der Waals surface area contributed by atoms with Gasteiger partial charge >= 0.3 is 0 Å². The minimum atomic E-state index is 0.350. The Morgan fingerprint density at radius 2 is 1.95 bits per heavy atom. The number of aromatic nitrogens is 2. The normalized spacial score (nSPS) is 17.4. The van der Waals surface area contributed by atoms with Crippen molar-refractivity contribution in [3.63, 3.8) is 0 Å². The molecule has 0 bridgehead atoms. The third kappa shape index (κ3) is 4.74. The van der Waals surface area contributed by atoms with E-state index in [1.165, 1.54) is 32.4 Å². The molecule has 4 N–H and O–H groups in total. The summed E-state index contributed by atoms with van der Waals surface area (Å²) in [7, 11) is 0. The van der Waals surface area contributed by atoms with Crippen LogP contribution in [0.1, 0.15) is 39.5 Å². The first-order valence-electron chi connectivity index (χ1n) is 8.04. The molecular formula is C15H28N6. The highest BCUT2D eigenvalue weighted by Crippen LogP contribution is 2.23. The molecule has 1 aliphatic heterocycles. The van der Waals surface area contributed by atoms with E-state index in [1.807, 2.05) is 0 Å². The van der Waals surface area contributed by atoms with Gasteiger partial charge in [-0.1, -0.05) is 13.3 Å². The number of nitrogens with one attached hydrogen (secondary N) is 2. The Balaban J connectivity index is 1.86. The van der Waals surface area contributed by atoms with Crippen LogP contribution in [0.2, 0.25) is 0 Å². The highest BCUT2D eigenvalue weighted by Gasteiger charge is 2.12. The number of hydrogen-bond acceptors (Lipinski definition) is 6. The van der Waals surface area contributed by atoms with Crippen molar-refractivity contribution >= 4 is 17.3 Å². The van der Waals surface area contributed by atoms with E-state index in [0.717, 1.165) is 31.1 Å². The van der Waals surface area contributed by atoms with Crippen molar-refractivity contribution in [2.24, 2.45) is 0 Å². The van der Waals surface area contributed by atoms with Crippen LogP contribution < -0.4 is 16.4 Å². The molecule has 2 rings (SSSR count). The van der Waals surface area contributed by atoms with Crippen LogP contribution >= 0.6 is 0 Å². The van der Waals surface area contributed by atoms with Gasteiger partial charge in [-0.3, -0.25) is 0 Å². The van der Waals surface area contributed by atoms with Gasteiger partial charge < -0.3 is 21.3 Å². The molecule has 0 spiro atoms. The van der Waals surface area contributed by atoms with Crippen molar-refractivity contribution in [3.8, 4) is 0 Å². The fraction of sp³-hybridized carbons (Fsp3) is 0.733. The van der Waals surface area contributed by atoms with E-state index in [2.05, 4.69) is 39.3 Å². The summed E-state index contributed by atoms with van der Waals surface area (Å²) < 4.78 is 0. The lowest BCUT2D eigenvalue weighted by molar-refractivity contribution is 0.237. The Morgan fingerprint density at radius 1 is 1.24 bits per heavy atom. The smallest absolute Gasteiger partial charge is 0.155 e. The standard InChI is InChI=1S/C15H28N6/c1-3-12(2)20-15-13(16)14(18-11-19-15)17-7-10-21-8-5-4-6-9-21/h11-12H,3-10,16H2,1-2H3,(H2,17,18,19,20). The Kier molecular flexibility index (Phi) is 6.04. The third-order valence-electron chi connectivity index (χ3n) is 4.05. The predicted octanol–water partition coefficient (Wildman–Crippen LogP) is 2.17. The maximum atomic E-state index is 6.14. The van der Waals surface area contributed by atoms with Gasteiger partial charge in [-0.15, -0.1) is 0 Å². The van der Waals surface area contributed by atoms with Crippen LogP contribution in [0.3, 0.4) is 0 Å². The molecule has 1 unspecified atom stereocenters. The van der Waals surface area contributed by atoms with Crippen LogP contribution in [0.4, 0.5) is 17.3 Å². The average molecular weight is 292 g/mol. The van der Waals surface area contributed by atoms with Crippen molar-refractivity contribution < 1.29 is 0 Å². The molecule has 1 aromatic heterocycles. The summed E-state index contributed by atoms with van der Waals surface area (Å²) in [6.07, 6.45) is 6.59. The summed E-state index contributed by atoms with van der Waals surface area (Å²) in [5.41, 5.74) is 6.75. The molecule has 0 radical (unpaired) electrons. The Labute approximate surface area is 127 Å². The second kappa shape index (κ2) is 8.02. The third-order valence-corrected chi connectivity index (χ3v) is 4.05. The van der Waals surface area contributed by atoms with Gasteiger partial charge in [0.25, 0.3) is 0 Å².